The molecule has 1 amide bonds. The van der Waals surface area contributed by atoms with Crippen LogP contribution >= 0.6 is 15.9 Å². The van der Waals surface area contributed by atoms with Gasteiger partial charge in [0.1, 0.15) is 0 Å². The Morgan fingerprint density at radius 3 is 2.08 bits per heavy atom. The number of rotatable bonds is 4. The van der Waals surface area contributed by atoms with Crippen molar-refractivity contribution in [3.05, 3.63) is 64.1 Å². The molecule has 0 fully saturated rings. The second-order valence-corrected chi connectivity index (χ2v) is 7.79. The van der Waals surface area contributed by atoms with Gasteiger partial charge in [-0.2, -0.15) is 0 Å². The molecular formula is C20H22BrNO3. The Bertz CT molecular complexity index is 746. The molecule has 0 radical (unpaired) electrons. The molecule has 0 aliphatic carbocycles. The molecule has 0 saturated carbocycles. The summed E-state index contributed by atoms with van der Waals surface area (Å²) in [5.41, 5.74) is 2.22. The number of carbonyl (C=O) groups is 2. The average molecular weight is 404 g/mol. The maximum atomic E-state index is 12.2. The second-order valence-electron chi connectivity index (χ2n) is 6.87. The van der Waals surface area contributed by atoms with Gasteiger partial charge in [-0.25, -0.2) is 4.79 Å². The molecular weight excluding hydrogens is 382 g/mol. The fourth-order valence-corrected chi connectivity index (χ4v) is 2.43. The number of hydrogen-bond donors (Lipinski definition) is 1. The summed E-state index contributed by atoms with van der Waals surface area (Å²) in [6.45, 7) is 7.87. The van der Waals surface area contributed by atoms with E-state index < -0.39 is 12.1 Å². The van der Waals surface area contributed by atoms with Gasteiger partial charge < -0.3 is 10.1 Å². The highest BCUT2D eigenvalue weighted by Crippen LogP contribution is 2.22. The van der Waals surface area contributed by atoms with Crippen LogP contribution in [0.3, 0.4) is 0 Å². The Hall–Kier alpha value is -2.14. The number of benzene rings is 2. The fourth-order valence-electron chi connectivity index (χ4n) is 2.17. The zero-order valence-corrected chi connectivity index (χ0v) is 16.4. The summed E-state index contributed by atoms with van der Waals surface area (Å²) >= 11 is 3.33. The molecule has 5 heteroatoms. The zero-order chi connectivity index (χ0) is 18.6. The van der Waals surface area contributed by atoms with Gasteiger partial charge in [0.05, 0.1) is 5.56 Å². The molecule has 1 atom stereocenters. The summed E-state index contributed by atoms with van der Waals surface area (Å²) in [5, 5.41) is 2.72. The number of ether oxygens (including phenoxy) is 1. The number of halogens is 1. The molecule has 0 bridgehead atoms. The maximum Gasteiger partial charge on any atom is 0.338 e. The van der Waals surface area contributed by atoms with Crippen LogP contribution in [-0.2, 0) is 14.9 Å². The number of anilines is 1. The second kappa shape index (κ2) is 7.83. The molecule has 0 aromatic heterocycles. The van der Waals surface area contributed by atoms with E-state index >= 15 is 0 Å². The van der Waals surface area contributed by atoms with Gasteiger partial charge in [0.15, 0.2) is 6.10 Å². The quantitative estimate of drug-likeness (QED) is 0.736. The first kappa shape index (κ1) is 19.2. The van der Waals surface area contributed by atoms with E-state index in [-0.39, 0.29) is 11.3 Å². The number of carbonyl (C=O) groups excluding carboxylic acids is 2. The molecule has 25 heavy (non-hydrogen) atoms. The minimum atomic E-state index is -0.890. The first-order valence-corrected chi connectivity index (χ1v) is 8.84. The van der Waals surface area contributed by atoms with Crippen LogP contribution in [0.1, 0.15) is 43.6 Å². The van der Waals surface area contributed by atoms with Crippen LogP contribution in [0.4, 0.5) is 5.69 Å². The third kappa shape index (κ3) is 5.43. The van der Waals surface area contributed by atoms with E-state index in [0.29, 0.717) is 11.3 Å². The summed E-state index contributed by atoms with van der Waals surface area (Å²) in [5.74, 6) is -0.888. The van der Waals surface area contributed by atoms with Crippen molar-refractivity contribution in [3.63, 3.8) is 0 Å². The van der Waals surface area contributed by atoms with Crippen LogP contribution in [-0.4, -0.2) is 18.0 Å². The zero-order valence-electron chi connectivity index (χ0n) is 14.8. The van der Waals surface area contributed by atoms with Gasteiger partial charge in [-0.15, -0.1) is 0 Å². The van der Waals surface area contributed by atoms with Crippen molar-refractivity contribution in [3.8, 4) is 0 Å². The van der Waals surface area contributed by atoms with Gasteiger partial charge in [-0.3, -0.25) is 4.79 Å². The number of hydrogen-bond acceptors (Lipinski definition) is 3. The Morgan fingerprint density at radius 1 is 1.00 bits per heavy atom. The normalized spacial score (nSPS) is 12.4. The first-order chi connectivity index (χ1) is 11.7. The Labute approximate surface area is 156 Å². The molecule has 2 aromatic rings. The fraction of sp³-hybridized carbons (Fsp3) is 0.300. The van der Waals surface area contributed by atoms with E-state index in [1.54, 1.807) is 31.2 Å². The molecule has 132 valence electrons. The van der Waals surface area contributed by atoms with E-state index in [1.165, 1.54) is 0 Å². The van der Waals surface area contributed by atoms with Crippen LogP contribution in [0.5, 0.6) is 0 Å². The third-order valence-corrected chi connectivity index (χ3v) is 4.28. The van der Waals surface area contributed by atoms with Gasteiger partial charge in [0.25, 0.3) is 5.91 Å². The van der Waals surface area contributed by atoms with E-state index in [0.717, 1.165) is 10.0 Å². The predicted molar refractivity (Wildman–Crippen MR) is 103 cm³/mol. The van der Waals surface area contributed by atoms with Crippen LogP contribution in [0, 0.1) is 0 Å². The van der Waals surface area contributed by atoms with Gasteiger partial charge in [-0.1, -0.05) is 48.8 Å². The van der Waals surface area contributed by atoms with Crippen molar-refractivity contribution in [2.75, 3.05) is 5.32 Å². The van der Waals surface area contributed by atoms with Crippen LogP contribution < -0.4 is 5.32 Å². The van der Waals surface area contributed by atoms with Gasteiger partial charge >= 0.3 is 5.97 Å². The summed E-state index contributed by atoms with van der Waals surface area (Å²) in [6.07, 6.45) is -0.890. The predicted octanol–water partition coefficient (Wildman–Crippen LogP) is 4.93. The molecule has 0 unspecified atom stereocenters. The van der Waals surface area contributed by atoms with E-state index in [2.05, 4.69) is 42.0 Å². The third-order valence-electron chi connectivity index (χ3n) is 3.75. The summed E-state index contributed by atoms with van der Waals surface area (Å²) in [4.78, 5) is 24.4. The molecule has 2 aromatic carbocycles. The SMILES string of the molecule is C[C@@H](OC(=O)c1ccc(C(C)(C)C)cc1)C(=O)Nc1ccc(Br)cc1. The monoisotopic (exact) mass is 403 g/mol. The molecule has 0 aliphatic rings. The van der Waals surface area contributed by atoms with E-state index in [4.69, 9.17) is 4.74 Å². The largest absolute Gasteiger partial charge is 0.449 e. The van der Waals surface area contributed by atoms with E-state index in [1.807, 2.05) is 24.3 Å². The van der Waals surface area contributed by atoms with Crippen molar-refractivity contribution in [1.29, 1.82) is 0 Å². The highest BCUT2D eigenvalue weighted by atomic mass is 79.9. The number of esters is 1. The van der Waals surface area contributed by atoms with Crippen LogP contribution in [0.15, 0.2) is 53.0 Å². The lowest BCUT2D eigenvalue weighted by Crippen LogP contribution is -2.30. The lowest BCUT2D eigenvalue weighted by Gasteiger charge is -2.19. The highest BCUT2D eigenvalue weighted by Gasteiger charge is 2.20. The molecule has 0 heterocycles. The average Bonchev–Trinajstić information content (AvgIpc) is 2.56. The number of nitrogens with one attached hydrogen (secondary N) is 1. The molecule has 0 saturated heterocycles. The summed E-state index contributed by atoms with van der Waals surface area (Å²) < 4.78 is 6.18. The van der Waals surface area contributed by atoms with Crippen molar-refractivity contribution in [2.45, 2.75) is 39.2 Å². The molecule has 0 spiro atoms. The Kier molecular flexibility index (Phi) is 6.01. The Morgan fingerprint density at radius 2 is 1.56 bits per heavy atom. The lowest BCUT2D eigenvalue weighted by molar-refractivity contribution is -0.123. The summed E-state index contributed by atoms with van der Waals surface area (Å²) in [6, 6.07) is 14.4. The number of amides is 1. The van der Waals surface area contributed by atoms with Gasteiger partial charge in [-0.05, 0) is 54.3 Å². The molecule has 1 N–H and O–H groups in total. The van der Waals surface area contributed by atoms with Crippen molar-refractivity contribution in [1.82, 2.24) is 0 Å². The van der Waals surface area contributed by atoms with Crippen molar-refractivity contribution < 1.29 is 14.3 Å². The smallest absolute Gasteiger partial charge is 0.338 e. The summed E-state index contributed by atoms with van der Waals surface area (Å²) in [7, 11) is 0. The highest BCUT2D eigenvalue weighted by molar-refractivity contribution is 9.10. The van der Waals surface area contributed by atoms with Gasteiger partial charge in [0, 0.05) is 10.2 Å². The van der Waals surface area contributed by atoms with E-state index in [9.17, 15) is 9.59 Å². The first-order valence-electron chi connectivity index (χ1n) is 8.05. The molecule has 2 rings (SSSR count). The maximum absolute atomic E-state index is 12.2. The Balaban J connectivity index is 1.97. The van der Waals surface area contributed by atoms with Crippen molar-refractivity contribution >= 4 is 33.5 Å². The van der Waals surface area contributed by atoms with Crippen molar-refractivity contribution in [2.24, 2.45) is 0 Å². The standard InChI is InChI=1S/C20H22BrNO3/c1-13(18(23)22-17-11-9-16(21)10-12-17)25-19(24)14-5-7-15(8-6-14)20(2,3)4/h5-13H,1-4H3,(H,22,23)/t13-/m1/s1. The minimum Gasteiger partial charge on any atom is -0.449 e. The van der Waals surface area contributed by atoms with Gasteiger partial charge in [0.2, 0.25) is 0 Å². The van der Waals surface area contributed by atoms with Crippen LogP contribution in [0.25, 0.3) is 0 Å². The van der Waals surface area contributed by atoms with Crippen LogP contribution in [0.2, 0.25) is 0 Å². The molecule has 0 aliphatic heterocycles. The molecule has 4 nitrogen and oxygen atoms in total. The topological polar surface area (TPSA) is 55.4 Å². The minimum absolute atomic E-state index is 0.0142. The lowest BCUT2D eigenvalue weighted by atomic mass is 9.87.